The maximum absolute atomic E-state index is 9.04. The summed E-state index contributed by atoms with van der Waals surface area (Å²) in [4.78, 5) is 4.64. The largest absolute Gasteiger partial charge is 0.396 e. The Balaban J connectivity index is 2.22. The minimum absolute atomic E-state index is 0.130. The first kappa shape index (κ1) is 14.3. The number of hydrogen-bond acceptors (Lipinski definition) is 3. The number of fused-ring (bicyclic) bond motifs is 1. The predicted octanol–water partition coefficient (Wildman–Crippen LogP) is 2.51. The summed E-state index contributed by atoms with van der Waals surface area (Å²) in [5.74, 6) is 1.22. The number of nitrogens with zero attached hydrogens (tertiary/aromatic N) is 2. The number of aryl methyl sites for hydroxylation is 1. The molecule has 4 nitrogen and oxygen atoms in total. The molecular formula is C14H20ClN3O. The fourth-order valence-electron chi connectivity index (χ4n) is 2.10. The lowest BCUT2D eigenvalue weighted by Crippen LogP contribution is -2.27. The van der Waals surface area contributed by atoms with Gasteiger partial charge in [-0.3, -0.25) is 0 Å². The standard InChI is InChI=1S/C14H20ClN3O/c1-9(8-19)7-16-10(2)14-17-12-5-4-11(15)6-13(12)18(14)3/h4-6,9-10,16,19H,7-8H2,1-3H3. The Hall–Kier alpha value is -1.10. The van der Waals surface area contributed by atoms with Crippen molar-refractivity contribution in [3.05, 3.63) is 29.0 Å². The van der Waals surface area contributed by atoms with Gasteiger partial charge in [0.05, 0.1) is 17.1 Å². The summed E-state index contributed by atoms with van der Waals surface area (Å²) in [7, 11) is 1.99. The van der Waals surface area contributed by atoms with Crippen LogP contribution in [0.1, 0.15) is 25.7 Å². The van der Waals surface area contributed by atoms with Crippen LogP contribution in [-0.4, -0.2) is 27.8 Å². The van der Waals surface area contributed by atoms with E-state index in [9.17, 15) is 0 Å². The number of nitrogens with one attached hydrogen (secondary N) is 1. The first-order valence-electron chi connectivity index (χ1n) is 6.49. The van der Waals surface area contributed by atoms with Gasteiger partial charge in [0.1, 0.15) is 5.82 Å². The highest BCUT2D eigenvalue weighted by molar-refractivity contribution is 6.31. The summed E-state index contributed by atoms with van der Waals surface area (Å²) in [5, 5.41) is 13.2. The number of benzene rings is 1. The average molecular weight is 282 g/mol. The van der Waals surface area contributed by atoms with Gasteiger partial charge in [-0.25, -0.2) is 4.98 Å². The first-order chi connectivity index (χ1) is 9.02. The summed E-state index contributed by atoms with van der Waals surface area (Å²) in [6, 6.07) is 5.85. The number of aliphatic hydroxyl groups excluding tert-OH is 1. The van der Waals surface area contributed by atoms with Gasteiger partial charge in [0.15, 0.2) is 0 Å². The van der Waals surface area contributed by atoms with Crippen LogP contribution >= 0.6 is 11.6 Å². The smallest absolute Gasteiger partial charge is 0.126 e. The van der Waals surface area contributed by atoms with E-state index in [2.05, 4.69) is 21.8 Å². The number of aromatic nitrogens is 2. The second kappa shape index (κ2) is 5.90. The molecule has 1 heterocycles. The van der Waals surface area contributed by atoms with Crippen LogP contribution < -0.4 is 5.32 Å². The molecule has 0 saturated heterocycles. The fourth-order valence-corrected chi connectivity index (χ4v) is 2.27. The van der Waals surface area contributed by atoms with Crippen LogP contribution in [0, 0.1) is 5.92 Å². The highest BCUT2D eigenvalue weighted by atomic mass is 35.5. The van der Waals surface area contributed by atoms with Crippen molar-refractivity contribution < 1.29 is 5.11 Å². The quantitative estimate of drug-likeness (QED) is 0.885. The zero-order valence-electron chi connectivity index (χ0n) is 11.5. The van der Waals surface area contributed by atoms with E-state index in [1.54, 1.807) is 0 Å². The normalized spacial score (nSPS) is 14.8. The van der Waals surface area contributed by atoms with Gasteiger partial charge in [-0.05, 0) is 31.0 Å². The molecule has 0 aliphatic heterocycles. The summed E-state index contributed by atoms with van der Waals surface area (Å²) in [6.45, 7) is 5.04. The minimum Gasteiger partial charge on any atom is -0.396 e. The van der Waals surface area contributed by atoms with Crippen molar-refractivity contribution in [1.29, 1.82) is 0 Å². The van der Waals surface area contributed by atoms with Crippen LogP contribution in [0.15, 0.2) is 18.2 Å². The van der Waals surface area contributed by atoms with Crippen LogP contribution in [0.2, 0.25) is 5.02 Å². The lowest BCUT2D eigenvalue weighted by atomic mass is 10.2. The minimum atomic E-state index is 0.130. The van der Waals surface area contributed by atoms with E-state index < -0.39 is 0 Å². The molecule has 2 atom stereocenters. The summed E-state index contributed by atoms with van der Waals surface area (Å²) >= 11 is 6.02. The Kier molecular flexibility index (Phi) is 4.45. The van der Waals surface area contributed by atoms with Crippen molar-refractivity contribution >= 4 is 22.6 Å². The van der Waals surface area contributed by atoms with E-state index in [4.69, 9.17) is 16.7 Å². The van der Waals surface area contributed by atoms with E-state index in [1.807, 2.05) is 32.2 Å². The highest BCUT2D eigenvalue weighted by Crippen LogP contribution is 2.22. The van der Waals surface area contributed by atoms with Crippen molar-refractivity contribution in [3.63, 3.8) is 0 Å². The van der Waals surface area contributed by atoms with Crippen LogP contribution in [0.4, 0.5) is 0 Å². The Morgan fingerprint density at radius 3 is 2.84 bits per heavy atom. The van der Waals surface area contributed by atoms with Crippen LogP contribution in [0.3, 0.4) is 0 Å². The Morgan fingerprint density at radius 1 is 1.42 bits per heavy atom. The molecule has 5 heteroatoms. The maximum Gasteiger partial charge on any atom is 0.126 e. The summed E-state index contributed by atoms with van der Waals surface area (Å²) in [6.07, 6.45) is 0. The fraction of sp³-hybridized carbons (Fsp3) is 0.500. The topological polar surface area (TPSA) is 50.1 Å². The van der Waals surface area contributed by atoms with Gasteiger partial charge in [0.2, 0.25) is 0 Å². The monoisotopic (exact) mass is 281 g/mol. The van der Waals surface area contributed by atoms with Crippen LogP contribution in [0.5, 0.6) is 0 Å². The lowest BCUT2D eigenvalue weighted by molar-refractivity contribution is 0.230. The van der Waals surface area contributed by atoms with E-state index in [1.165, 1.54) is 0 Å². The molecule has 2 unspecified atom stereocenters. The number of rotatable bonds is 5. The predicted molar refractivity (Wildman–Crippen MR) is 78.4 cm³/mol. The van der Waals surface area contributed by atoms with E-state index in [0.29, 0.717) is 0 Å². The van der Waals surface area contributed by atoms with Crippen LogP contribution in [0.25, 0.3) is 11.0 Å². The number of aliphatic hydroxyl groups is 1. The van der Waals surface area contributed by atoms with Gasteiger partial charge in [-0.2, -0.15) is 0 Å². The second-order valence-electron chi connectivity index (χ2n) is 5.08. The van der Waals surface area contributed by atoms with Crippen molar-refractivity contribution in [2.45, 2.75) is 19.9 Å². The zero-order valence-corrected chi connectivity index (χ0v) is 12.3. The Labute approximate surface area is 118 Å². The van der Waals surface area contributed by atoms with E-state index in [-0.39, 0.29) is 18.6 Å². The molecule has 2 N–H and O–H groups in total. The number of hydrogen-bond donors (Lipinski definition) is 2. The van der Waals surface area contributed by atoms with E-state index in [0.717, 1.165) is 28.4 Å². The molecule has 0 bridgehead atoms. The van der Waals surface area contributed by atoms with Crippen molar-refractivity contribution in [2.24, 2.45) is 13.0 Å². The first-order valence-corrected chi connectivity index (χ1v) is 6.86. The summed E-state index contributed by atoms with van der Waals surface area (Å²) < 4.78 is 2.06. The lowest BCUT2D eigenvalue weighted by Gasteiger charge is -2.16. The highest BCUT2D eigenvalue weighted by Gasteiger charge is 2.15. The molecule has 104 valence electrons. The maximum atomic E-state index is 9.04. The van der Waals surface area contributed by atoms with E-state index >= 15 is 0 Å². The molecule has 0 spiro atoms. The molecule has 0 amide bonds. The van der Waals surface area contributed by atoms with Gasteiger partial charge in [-0.1, -0.05) is 18.5 Å². The molecule has 1 aromatic heterocycles. The van der Waals surface area contributed by atoms with Gasteiger partial charge in [0.25, 0.3) is 0 Å². The third kappa shape index (κ3) is 3.08. The van der Waals surface area contributed by atoms with Gasteiger partial charge < -0.3 is 15.0 Å². The molecular weight excluding hydrogens is 262 g/mol. The summed E-state index contributed by atoms with van der Waals surface area (Å²) in [5.41, 5.74) is 1.98. The molecule has 0 aliphatic carbocycles. The number of imidazole rings is 1. The average Bonchev–Trinajstić information content (AvgIpc) is 2.73. The molecule has 0 fully saturated rings. The second-order valence-corrected chi connectivity index (χ2v) is 5.52. The Bertz CT molecular complexity index is 567. The molecule has 1 aromatic carbocycles. The molecule has 0 saturated carbocycles. The van der Waals surface area contributed by atoms with Crippen LogP contribution in [-0.2, 0) is 7.05 Å². The molecule has 19 heavy (non-hydrogen) atoms. The Morgan fingerprint density at radius 2 is 2.16 bits per heavy atom. The van der Waals surface area contributed by atoms with Crippen molar-refractivity contribution in [1.82, 2.24) is 14.9 Å². The molecule has 2 rings (SSSR count). The SMILES string of the molecule is CC(CO)CNC(C)c1nc2ccc(Cl)cc2n1C. The zero-order chi connectivity index (χ0) is 14.0. The third-order valence-electron chi connectivity index (χ3n) is 3.35. The number of halogens is 1. The third-order valence-corrected chi connectivity index (χ3v) is 3.58. The van der Waals surface area contributed by atoms with Gasteiger partial charge in [0, 0.05) is 25.2 Å². The van der Waals surface area contributed by atoms with Gasteiger partial charge >= 0.3 is 0 Å². The molecule has 2 aromatic rings. The molecule has 0 aliphatic rings. The van der Waals surface area contributed by atoms with Crippen molar-refractivity contribution in [3.8, 4) is 0 Å². The molecule has 0 radical (unpaired) electrons. The van der Waals surface area contributed by atoms with Gasteiger partial charge in [-0.15, -0.1) is 0 Å². The van der Waals surface area contributed by atoms with Crippen molar-refractivity contribution in [2.75, 3.05) is 13.2 Å².